The Morgan fingerprint density at radius 3 is 3.00 bits per heavy atom. The van der Waals surface area contributed by atoms with Crippen molar-refractivity contribution in [3.63, 3.8) is 0 Å². The van der Waals surface area contributed by atoms with Crippen LogP contribution in [-0.4, -0.2) is 25.8 Å². The van der Waals surface area contributed by atoms with Gasteiger partial charge in [-0.15, -0.1) is 0 Å². The fourth-order valence-corrected chi connectivity index (χ4v) is 1.20. The molecule has 0 saturated carbocycles. The zero-order valence-corrected chi connectivity index (χ0v) is 7.34. The van der Waals surface area contributed by atoms with Gasteiger partial charge in [0.2, 0.25) is 5.89 Å². The predicted molar refractivity (Wildman–Crippen MR) is 45.7 cm³/mol. The fraction of sp³-hybridized carbons (Fsp3) is 0.125. The highest BCUT2D eigenvalue weighted by molar-refractivity contribution is 5.92. The van der Waals surface area contributed by atoms with E-state index in [1.165, 1.54) is 23.3 Å². The topological polar surface area (TPSA) is 81.2 Å². The smallest absolute Gasteiger partial charge is 0.354 e. The number of carboxylic acid groups (broad SMARTS) is 1. The Morgan fingerprint density at radius 2 is 2.43 bits per heavy atom. The number of aromatic nitrogens is 3. The molecule has 0 bridgehead atoms. The third-order valence-corrected chi connectivity index (χ3v) is 1.80. The minimum atomic E-state index is -1.06. The van der Waals surface area contributed by atoms with Crippen molar-refractivity contribution in [1.82, 2.24) is 14.8 Å². The van der Waals surface area contributed by atoms with E-state index in [4.69, 9.17) is 9.52 Å². The summed E-state index contributed by atoms with van der Waals surface area (Å²) in [4.78, 5) is 14.7. The van der Waals surface area contributed by atoms with Crippen molar-refractivity contribution in [2.45, 2.75) is 0 Å². The Balaban J connectivity index is 2.60. The zero-order chi connectivity index (χ0) is 10.1. The fourth-order valence-electron chi connectivity index (χ4n) is 1.20. The van der Waals surface area contributed by atoms with Gasteiger partial charge in [0.25, 0.3) is 0 Å². The molecule has 2 heterocycles. The lowest BCUT2D eigenvalue weighted by atomic mass is 10.2. The van der Waals surface area contributed by atoms with E-state index in [1.54, 1.807) is 7.05 Å². The molecule has 6 heteroatoms. The quantitative estimate of drug-likeness (QED) is 0.761. The van der Waals surface area contributed by atoms with Crippen LogP contribution in [0.15, 0.2) is 23.1 Å². The molecule has 72 valence electrons. The van der Waals surface area contributed by atoms with Crippen molar-refractivity contribution in [3.05, 3.63) is 24.4 Å². The summed E-state index contributed by atoms with van der Waals surface area (Å²) in [6, 6.07) is 0. The molecule has 0 amide bonds. The van der Waals surface area contributed by atoms with Crippen LogP contribution in [0.5, 0.6) is 0 Å². The van der Waals surface area contributed by atoms with Crippen LogP contribution < -0.4 is 0 Å². The predicted octanol–water partition coefficient (Wildman–Crippen LogP) is 0.773. The maximum Gasteiger partial charge on any atom is 0.354 e. The first-order valence-electron chi connectivity index (χ1n) is 3.85. The van der Waals surface area contributed by atoms with Gasteiger partial charge in [-0.2, -0.15) is 5.10 Å². The molecular formula is C8H7N3O3. The van der Waals surface area contributed by atoms with Crippen molar-refractivity contribution < 1.29 is 14.3 Å². The molecule has 6 nitrogen and oxygen atoms in total. The molecule has 0 radical (unpaired) electrons. The van der Waals surface area contributed by atoms with Crippen LogP contribution in [0.25, 0.3) is 11.5 Å². The first kappa shape index (κ1) is 8.49. The maximum atomic E-state index is 10.9. The number of aryl methyl sites for hydroxylation is 1. The molecule has 2 aromatic heterocycles. The largest absolute Gasteiger partial charge is 0.477 e. The first-order chi connectivity index (χ1) is 6.70. The molecule has 14 heavy (non-hydrogen) atoms. The molecule has 0 spiro atoms. The minimum absolute atomic E-state index is 0.0625. The highest BCUT2D eigenvalue weighted by atomic mass is 16.4. The summed E-state index contributed by atoms with van der Waals surface area (Å²) in [7, 11) is 1.55. The molecule has 0 aliphatic heterocycles. The second kappa shape index (κ2) is 2.99. The summed E-state index contributed by atoms with van der Waals surface area (Å²) in [5.41, 5.74) is 0.442. The summed E-state index contributed by atoms with van der Waals surface area (Å²) < 4.78 is 6.26. The zero-order valence-electron chi connectivity index (χ0n) is 7.34. The molecule has 1 N–H and O–H groups in total. The summed E-state index contributed by atoms with van der Waals surface area (Å²) in [5.74, 6) is -0.797. The highest BCUT2D eigenvalue weighted by Crippen LogP contribution is 2.20. The first-order valence-corrected chi connectivity index (χ1v) is 3.85. The second-order valence-electron chi connectivity index (χ2n) is 2.67. The summed E-state index contributed by atoms with van der Waals surface area (Å²) in [6.07, 6.45) is 4.25. The van der Waals surface area contributed by atoms with E-state index in [-0.39, 0.29) is 11.6 Å². The lowest BCUT2D eigenvalue weighted by molar-refractivity contribution is 0.0685. The van der Waals surface area contributed by atoms with Gasteiger partial charge in [0.1, 0.15) is 6.26 Å². The van der Waals surface area contributed by atoms with Crippen LogP contribution in [0.4, 0.5) is 0 Å². The lowest BCUT2D eigenvalue weighted by Gasteiger charge is -1.96. The highest BCUT2D eigenvalue weighted by Gasteiger charge is 2.19. The van der Waals surface area contributed by atoms with E-state index in [0.29, 0.717) is 5.56 Å². The Kier molecular flexibility index (Phi) is 1.81. The molecule has 0 saturated heterocycles. The summed E-state index contributed by atoms with van der Waals surface area (Å²) >= 11 is 0. The Bertz CT molecular complexity index is 458. The number of nitrogens with zero attached hydrogens (tertiary/aromatic N) is 3. The number of carbonyl (C=O) groups is 1. The van der Waals surface area contributed by atoms with Crippen molar-refractivity contribution in [2.24, 2.45) is 7.05 Å². The van der Waals surface area contributed by atoms with Crippen LogP contribution in [0.1, 0.15) is 10.5 Å². The number of oxazole rings is 1. The molecule has 0 unspecified atom stereocenters. The van der Waals surface area contributed by atoms with Gasteiger partial charge in [-0.3, -0.25) is 4.68 Å². The Labute approximate surface area is 78.8 Å². The molecular weight excluding hydrogens is 186 g/mol. The number of hydrogen-bond acceptors (Lipinski definition) is 4. The van der Waals surface area contributed by atoms with Crippen molar-refractivity contribution >= 4 is 5.97 Å². The number of rotatable bonds is 2. The molecule has 0 atom stereocenters. The molecule has 0 fully saturated rings. The van der Waals surface area contributed by atoms with Crippen molar-refractivity contribution in [2.75, 3.05) is 0 Å². The Hall–Kier alpha value is -2.11. The van der Waals surface area contributed by atoms with Gasteiger partial charge in [-0.1, -0.05) is 0 Å². The summed E-state index contributed by atoms with van der Waals surface area (Å²) in [6.45, 7) is 0. The average molecular weight is 193 g/mol. The lowest BCUT2D eigenvalue weighted by Crippen LogP contribution is -2.06. The average Bonchev–Trinajstić information content (AvgIpc) is 2.70. The van der Waals surface area contributed by atoms with Gasteiger partial charge >= 0.3 is 5.97 Å². The monoisotopic (exact) mass is 193 g/mol. The van der Waals surface area contributed by atoms with E-state index in [2.05, 4.69) is 10.1 Å². The van der Waals surface area contributed by atoms with Gasteiger partial charge in [-0.25, -0.2) is 9.78 Å². The molecule has 2 rings (SSSR count). The van der Waals surface area contributed by atoms with Gasteiger partial charge in [0, 0.05) is 7.05 Å². The third-order valence-electron chi connectivity index (χ3n) is 1.80. The number of hydrogen-bond donors (Lipinski definition) is 1. The van der Waals surface area contributed by atoms with Crippen LogP contribution >= 0.6 is 0 Å². The van der Waals surface area contributed by atoms with E-state index >= 15 is 0 Å². The minimum Gasteiger partial charge on any atom is -0.477 e. The third kappa shape index (κ3) is 1.17. The number of aromatic carboxylic acids is 1. The molecule has 2 aromatic rings. The SMILES string of the molecule is Cn1ncc(-c2ncco2)c1C(=O)O. The van der Waals surface area contributed by atoms with E-state index in [1.807, 2.05) is 0 Å². The molecule has 0 aliphatic carbocycles. The van der Waals surface area contributed by atoms with E-state index in [9.17, 15) is 4.79 Å². The van der Waals surface area contributed by atoms with Gasteiger partial charge < -0.3 is 9.52 Å². The van der Waals surface area contributed by atoms with Gasteiger partial charge in [-0.05, 0) is 0 Å². The van der Waals surface area contributed by atoms with E-state index in [0.717, 1.165) is 0 Å². The van der Waals surface area contributed by atoms with Crippen LogP contribution in [0.3, 0.4) is 0 Å². The van der Waals surface area contributed by atoms with E-state index < -0.39 is 5.97 Å². The van der Waals surface area contributed by atoms with Crippen molar-refractivity contribution in [3.8, 4) is 11.5 Å². The summed E-state index contributed by atoms with van der Waals surface area (Å²) in [5, 5.41) is 12.7. The normalized spacial score (nSPS) is 10.4. The van der Waals surface area contributed by atoms with Crippen LogP contribution in [-0.2, 0) is 7.05 Å². The van der Waals surface area contributed by atoms with Crippen LogP contribution in [0, 0.1) is 0 Å². The van der Waals surface area contributed by atoms with Crippen molar-refractivity contribution in [1.29, 1.82) is 0 Å². The number of carboxylic acids is 1. The molecule has 0 aliphatic rings. The standard InChI is InChI=1S/C8H7N3O3/c1-11-6(8(12)13)5(4-10-11)7-9-2-3-14-7/h2-4H,1H3,(H,12,13). The second-order valence-corrected chi connectivity index (χ2v) is 2.67. The van der Waals surface area contributed by atoms with Crippen LogP contribution in [0.2, 0.25) is 0 Å². The Morgan fingerprint density at radius 1 is 1.64 bits per heavy atom. The molecule has 0 aromatic carbocycles. The van der Waals surface area contributed by atoms with Gasteiger partial charge in [0.15, 0.2) is 5.69 Å². The maximum absolute atomic E-state index is 10.9. The van der Waals surface area contributed by atoms with Gasteiger partial charge in [0.05, 0.1) is 18.0 Å².